The third-order valence-electron chi connectivity index (χ3n) is 2.79. The van der Waals surface area contributed by atoms with Crippen LogP contribution in [0, 0.1) is 6.92 Å². The molecule has 0 amide bonds. The summed E-state index contributed by atoms with van der Waals surface area (Å²) in [4.78, 5) is 8.32. The van der Waals surface area contributed by atoms with Crippen LogP contribution in [-0.4, -0.2) is 24.1 Å². The van der Waals surface area contributed by atoms with E-state index in [2.05, 4.69) is 45.7 Å². The van der Waals surface area contributed by atoms with Crippen molar-refractivity contribution in [2.24, 2.45) is 0 Å². The highest BCUT2D eigenvalue weighted by Crippen LogP contribution is 2.28. The number of nitrogens with one attached hydrogen (secondary N) is 2. The monoisotopic (exact) mass is 258 g/mol. The number of methoxy groups -OCH3 is 1. The predicted octanol–water partition coefficient (Wildman–Crippen LogP) is 2.45. The van der Waals surface area contributed by atoms with Crippen LogP contribution in [0.3, 0.4) is 0 Å². The van der Waals surface area contributed by atoms with Gasteiger partial charge in [-0.05, 0) is 12.5 Å². The van der Waals surface area contributed by atoms with Gasteiger partial charge in [0, 0.05) is 13.6 Å². The zero-order chi connectivity index (χ0) is 13.7. The fraction of sp³-hybridized carbons (Fsp3) is 0.286. The maximum absolute atomic E-state index is 5.33. The van der Waals surface area contributed by atoms with Crippen LogP contribution in [0.1, 0.15) is 11.1 Å². The summed E-state index contributed by atoms with van der Waals surface area (Å²) in [5, 5.41) is 6.24. The lowest BCUT2D eigenvalue weighted by atomic mass is 10.1. The number of aromatic nitrogens is 2. The van der Waals surface area contributed by atoms with Crippen molar-refractivity contribution in [2.45, 2.75) is 13.5 Å². The van der Waals surface area contributed by atoms with Crippen molar-refractivity contribution in [3.63, 3.8) is 0 Å². The zero-order valence-electron chi connectivity index (χ0n) is 11.4. The van der Waals surface area contributed by atoms with Crippen molar-refractivity contribution >= 4 is 11.6 Å². The van der Waals surface area contributed by atoms with Crippen LogP contribution in [0.5, 0.6) is 5.75 Å². The minimum Gasteiger partial charge on any atom is -0.490 e. The second-order valence-electron chi connectivity index (χ2n) is 4.20. The molecule has 2 aromatic rings. The highest BCUT2D eigenvalue weighted by Gasteiger charge is 2.10. The molecule has 1 aromatic heterocycles. The fourth-order valence-electron chi connectivity index (χ4n) is 1.88. The third-order valence-corrected chi connectivity index (χ3v) is 2.79. The van der Waals surface area contributed by atoms with E-state index in [0.717, 1.165) is 0 Å². The summed E-state index contributed by atoms with van der Waals surface area (Å²) < 4.78 is 5.33. The van der Waals surface area contributed by atoms with Gasteiger partial charge in [0.2, 0.25) is 5.75 Å². The molecular formula is C14H18N4O. The minimum atomic E-state index is 0.623. The zero-order valence-corrected chi connectivity index (χ0v) is 11.4. The van der Waals surface area contributed by atoms with Gasteiger partial charge in [-0.3, -0.25) is 0 Å². The van der Waals surface area contributed by atoms with E-state index in [1.54, 1.807) is 14.2 Å². The number of ether oxygens (including phenoxy) is 1. The van der Waals surface area contributed by atoms with Crippen molar-refractivity contribution in [1.29, 1.82) is 0 Å². The molecule has 0 bridgehead atoms. The molecule has 19 heavy (non-hydrogen) atoms. The molecule has 1 aromatic carbocycles. The summed E-state index contributed by atoms with van der Waals surface area (Å²) in [6, 6.07) is 8.34. The topological polar surface area (TPSA) is 59.1 Å². The Morgan fingerprint density at radius 2 is 2.00 bits per heavy atom. The van der Waals surface area contributed by atoms with Crippen LogP contribution in [0.2, 0.25) is 0 Å². The molecule has 1 heterocycles. The maximum Gasteiger partial charge on any atom is 0.204 e. The molecular weight excluding hydrogens is 240 g/mol. The number of anilines is 2. The summed E-state index contributed by atoms with van der Waals surface area (Å²) >= 11 is 0. The molecule has 0 saturated heterocycles. The van der Waals surface area contributed by atoms with Gasteiger partial charge in [0.05, 0.1) is 7.11 Å². The van der Waals surface area contributed by atoms with E-state index in [4.69, 9.17) is 4.74 Å². The highest BCUT2D eigenvalue weighted by molar-refractivity contribution is 5.63. The Bertz CT molecular complexity index is 557. The summed E-state index contributed by atoms with van der Waals surface area (Å²) in [6.07, 6.45) is 1.51. The van der Waals surface area contributed by atoms with E-state index in [0.29, 0.717) is 23.9 Å². The Morgan fingerprint density at radius 1 is 1.21 bits per heavy atom. The molecule has 5 nitrogen and oxygen atoms in total. The van der Waals surface area contributed by atoms with Crippen LogP contribution in [0.25, 0.3) is 0 Å². The van der Waals surface area contributed by atoms with Crippen molar-refractivity contribution < 1.29 is 4.74 Å². The molecule has 0 aliphatic carbocycles. The highest BCUT2D eigenvalue weighted by atomic mass is 16.5. The van der Waals surface area contributed by atoms with Gasteiger partial charge in [0.25, 0.3) is 0 Å². The lowest BCUT2D eigenvalue weighted by Gasteiger charge is -2.12. The summed E-state index contributed by atoms with van der Waals surface area (Å²) in [5.41, 5.74) is 2.44. The first kappa shape index (κ1) is 13.1. The molecule has 100 valence electrons. The molecule has 2 rings (SSSR count). The Balaban J connectivity index is 2.15. The average Bonchev–Trinajstić information content (AvgIpc) is 2.44. The lowest BCUT2D eigenvalue weighted by molar-refractivity contribution is 0.415. The van der Waals surface area contributed by atoms with Gasteiger partial charge in [-0.25, -0.2) is 9.97 Å². The molecule has 0 atom stereocenters. The van der Waals surface area contributed by atoms with Crippen LogP contribution in [-0.2, 0) is 6.54 Å². The number of nitrogens with zero attached hydrogens (tertiary/aromatic N) is 2. The second kappa shape index (κ2) is 6.04. The Morgan fingerprint density at radius 3 is 2.68 bits per heavy atom. The standard InChI is InChI=1S/C14H18N4O/c1-10-5-4-6-11(7-10)8-16-14-12(19-3)13(15-2)17-9-18-14/h4-7,9H,8H2,1-3H3,(H2,15,16,17,18). The molecule has 2 N–H and O–H groups in total. The van der Waals surface area contributed by atoms with E-state index in [1.165, 1.54) is 17.5 Å². The van der Waals surface area contributed by atoms with Crippen LogP contribution >= 0.6 is 0 Å². The van der Waals surface area contributed by atoms with Gasteiger partial charge in [-0.15, -0.1) is 0 Å². The Kier molecular flexibility index (Phi) is 4.18. The van der Waals surface area contributed by atoms with Crippen LogP contribution in [0.15, 0.2) is 30.6 Å². The van der Waals surface area contributed by atoms with Crippen molar-refractivity contribution in [3.05, 3.63) is 41.7 Å². The molecule has 0 fully saturated rings. The first-order valence-corrected chi connectivity index (χ1v) is 6.10. The quantitative estimate of drug-likeness (QED) is 0.862. The number of hydrogen-bond acceptors (Lipinski definition) is 5. The average molecular weight is 258 g/mol. The lowest BCUT2D eigenvalue weighted by Crippen LogP contribution is -2.06. The summed E-state index contributed by atoms with van der Waals surface area (Å²) in [6.45, 7) is 2.77. The minimum absolute atomic E-state index is 0.623. The van der Waals surface area contributed by atoms with Gasteiger partial charge in [-0.1, -0.05) is 29.8 Å². The van der Waals surface area contributed by atoms with E-state index >= 15 is 0 Å². The van der Waals surface area contributed by atoms with Gasteiger partial charge in [0.15, 0.2) is 11.6 Å². The number of benzene rings is 1. The van der Waals surface area contributed by atoms with E-state index in [1.807, 2.05) is 6.07 Å². The SMILES string of the molecule is CNc1ncnc(NCc2cccc(C)c2)c1OC. The Labute approximate surface area is 113 Å². The first-order chi connectivity index (χ1) is 9.24. The molecule has 5 heteroatoms. The largest absolute Gasteiger partial charge is 0.490 e. The van der Waals surface area contributed by atoms with Crippen molar-refractivity contribution in [1.82, 2.24) is 9.97 Å². The normalized spacial score (nSPS) is 10.1. The molecule has 0 unspecified atom stereocenters. The van der Waals surface area contributed by atoms with Gasteiger partial charge in [0.1, 0.15) is 6.33 Å². The van der Waals surface area contributed by atoms with Crippen LogP contribution < -0.4 is 15.4 Å². The fourth-order valence-corrected chi connectivity index (χ4v) is 1.88. The summed E-state index contributed by atoms with van der Waals surface area (Å²) in [7, 11) is 3.41. The smallest absolute Gasteiger partial charge is 0.204 e. The molecule has 0 aliphatic heterocycles. The predicted molar refractivity (Wildman–Crippen MR) is 76.6 cm³/mol. The van der Waals surface area contributed by atoms with Gasteiger partial charge < -0.3 is 15.4 Å². The first-order valence-electron chi connectivity index (χ1n) is 6.10. The molecule has 0 aliphatic rings. The summed E-state index contributed by atoms with van der Waals surface area (Å²) in [5.74, 6) is 1.98. The van der Waals surface area contributed by atoms with E-state index < -0.39 is 0 Å². The van der Waals surface area contributed by atoms with Crippen LogP contribution in [0.4, 0.5) is 11.6 Å². The Hall–Kier alpha value is -2.30. The second-order valence-corrected chi connectivity index (χ2v) is 4.20. The number of hydrogen-bond donors (Lipinski definition) is 2. The van der Waals surface area contributed by atoms with E-state index in [9.17, 15) is 0 Å². The van der Waals surface area contributed by atoms with Gasteiger partial charge in [-0.2, -0.15) is 0 Å². The number of aryl methyl sites for hydroxylation is 1. The number of rotatable bonds is 5. The van der Waals surface area contributed by atoms with Gasteiger partial charge >= 0.3 is 0 Å². The van der Waals surface area contributed by atoms with E-state index in [-0.39, 0.29) is 0 Å². The molecule has 0 saturated carbocycles. The molecule has 0 radical (unpaired) electrons. The van der Waals surface area contributed by atoms with Crippen molar-refractivity contribution in [3.8, 4) is 5.75 Å². The third kappa shape index (κ3) is 3.13. The van der Waals surface area contributed by atoms with Crippen molar-refractivity contribution in [2.75, 3.05) is 24.8 Å². The molecule has 0 spiro atoms. The maximum atomic E-state index is 5.33.